The van der Waals surface area contributed by atoms with Crippen LogP contribution in [0.2, 0.25) is 5.02 Å². The van der Waals surface area contributed by atoms with Gasteiger partial charge < -0.3 is 15.2 Å². The van der Waals surface area contributed by atoms with Crippen LogP contribution in [0.5, 0.6) is 11.5 Å². The molecule has 2 aromatic carbocycles. The van der Waals surface area contributed by atoms with Crippen LogP contribution in [0.1, 0.15) is 18.1 Å². The molecule has 0 aliphatic rings. The van der Waals surface area contributed by atoms with E-state index < -0.39 is 0 Å². The monoisotopic (exact) mass is 363 g/mol. The Kier molecular flexibility index (Phi) is 6.84. The molecule has 0 fully saturated rings. The Balaban J connectivity index is 1.90. The van der Waals surface area contributed by atoms with E-state index in [0.717, 1.165) is 5.56 Å². The number of hydrogen-bond acceptors (Lipinski definition) is 4. The van der Waals surface area contributed by atoms with E-state index in [1.54, 1.807) is 18.3 Å². The zero-order chi connectivity index (χ0) is 17.4. The van der Waals surface area contributed by atoms with Gasteiger partial charge in [-0.05, 0) is 42.4 Å². The molecule has 0 aromatic heterocycles. The van der Waals surface area contributed by atoms with Gasteiger partial charge in [0.25, 0.3) is 0 Å². The summed E-state index contributed by atoms with van der Waals surface area (Å²) >= 11 is 11.1. The third-order valence-electron chi connectivity index (χ3n) is 3.03. The highest BCUT2D eigenvalue weighted by Crippen LogP contribution is 2.34. The first-order valence-electron chi connectivity index (χ1n) is 7.36. The van der Waals surface area contributed by atoms with Gasteiger partial charge in [-0.2, -0.15) is 5.10 Å². The SMILES string of the molecule is CCOc1cc(/C=N/NC(=S)NCc2ccccc2)cc(Cl)c1O. The molecule has 2 aromatic rings. The van der Waals surface area contributed by atoms with Crippen LogP contribution < -0.4 is 15.5 Å². The lowest BCUT2D eigenvalue weighted by Crippen LogP contribution is -2.31. The Morgan fingerprint density at radius 3 is 2.79 bits per heavy atom. The molecule has 3 N–H and O–H groups in total. The van der Waals surface area contributed by atoms with Crippen molar-refractivity contribution >= 4 is 35.1 Å². The minimum absolute atomic E-state index is 0.0799. The fourth-order valence-electron chi connectivity index (χ4n) is 1.92. The average Bonchev–Trinajstić information content (AvgIpc) is 2.58. The minimum atomic E-state index is -0.0799. The predicted molar refractivity (Wildman–Crippen MR) is 101 cm³/mol. The Morgan fingerprint density at radius 2 is 2.08 bits per heavy atom. The molecule has 0 bridgehead atoms. The van der Waals surface area contributed by atoms with Crippen molar-refractivity contribution in [3.8, 4) is 11.5 Å². The van der Waals surface area contributed by atoms with Gasteiger partial charge in [-0.15, -0.1) is 0 Å². The lowest BCUT2D eigenvalue weighted by molar-refractivity contribution is 0.318. The van der Waals surface area contributed by atoms with Gasteiger partial charge in [-0.3, -0.25) is 5.43 Å². The molecule has 5 nitrogen and oxygen atoms in total. The summed E-state index contributed by atoms with van der Waals surface area (Å²) in [6, 6.07) is 13.1. The molecule has 0 saturated carbocycles. The summed E-state index contributed by atoms with van der Waals surface area (Å²) in [6.07, 6.45) is 1.55. The molecule has 0 heterocycles. The summed E-state index contributed by atoms with van der Waals surface area (Å²) in [7, 11) is 0. The van der Waals surface area contributed by atoms with Gasteiger partial charge in [0.05, 0.1) is 17.8 Å². The molecule has 0 aliphatic heterocycles. The molecule has 0 unspecified atom stereocenters. The summed E-state index contributed by atoms with van der Waals surface area (Å²) in [6.45, 7) is 2.87. The molecular formula is C17H18ClN3O2S. The number of rotatable bonds is 6. The third kappa shape index (κ3) is 5.40. The number of benzene rings is 2. The molecule has 0 amide bonds. The van der Waals surface area contributed by atoms with Crippen LogP contribution in [0.3, 0.4) is 0 Å². The van der Waals surface area contributed by atoms with E-state index in [1.165, 1.54) is 0 Å². The Hall–Kier alpha value is -2.31. The number of nitrogens with zero attached hydrogens (tertiary/aromatic N) is 1. The van der Waals surface area contributed by atoms with E-state index in [-0.39, 0.29) is 10.8 Å². The summed E-state index contributed by atoms with van der Waals surface area (Å²) in [4.78, 5) is 0. The maximum absolute atomic E-state index is 9.80. The van der Waals surface area contributed by atoms with Crippen molar-refractivity contribution < 1.29 is 9.84 Å². The maximum atomic E-state index is 9.80. The van der Waals surface area contributed by atoms with Crippen molar-refractivity contribution in [2.24, 2.45) is 5.10 Å². The second kappa shape index (κ2) is 9.10. The van der Waals surface area contributed by atoms with Crippen molar-refractivity contribution in [2.45, 2.75) is 13.5 Å². The standard InChI is InChI=1S/C17H18ClN3O2S/c1-2-23-15-9-13(8-14(18)16(15)22)11-20-21-17(24)19-10-12-6-4-3-5-7-12/h3-9,11,22H,2,10H2,1H3,(H2,19,21,24)/b20-11+. The molecule has 0 spiro atoms. The first-order valence-corrected chi connectivity index (χ1v) is 8.15. The normalized spacial score (nSPS) is 10.6. The number of hydrazone groups is 1. The summed E-state index contributed by atoms with van der Waals surface area (Å²) in [5.41, 5.74) is 4.53. The van der Waals surface area contributed by atoms with E-state index in [0.29, 0.717) is 29.6 Å². The zero-order valence-electron chi connectivity index (χ0n) is 13.1. The molecule has 0 atom stereocenters. The number of hydrogen-bond donors (Lipinski definition) is 3. The first-order chi connectivity index (χ1) is 11.6. The number of phenols is 1. The van der Waals surface area contributed by atoms with E-state index in [2.05, 4.69) is 15.8 Å². The van der Waals surface area contributed by atoms with Gasteiger partial charge in [0.2, 0.25) is 0 Å². The van der Waals surface area contributed by atoms with Crippen LogP contribution in [0.15, 0.2) is 47.6 Å². The number of aromatic hydroxyl groups is 1. The number of ether oxygens (including phenoxy) is 1. The molecule has 126 valence electrons. The van der Waals surface area contributed by atoms with Crippen LogP contribution in [-0.2, 0) is 6.54 Å². The molecule has 24 heavy (non-hydrogen) atoms. The van der Waals surface area contributed by atoms with Gasteiger partial charge in [0, 0.05) is 6.54 Å². The topological polar surface area (TPSA) is 65.9 Å². The number of halogens is 1. The molecule has 0 saturated heterocycles. The molecule has 0 aliphatic carbocycles. The maximum Gasteiger partial charge on any atom is 0.187 e. The highest BCUT2D eigenvalue weighted by Gasteiger charge is 2.08. The summed E-state index contributed by atoms with van der Waals surface area (Å²) in [5.74, 6) is 0.236. The van der Waals surface area contributed by atoms with Crippen molar-refractivity contribution in [2.75, 3.05) is 6.61 Å². The Morgan fingerprint density at radius 1 is 1.33 bits per heavy atom. The zero-order valence-corrected chi connectivity index (χ0v) is 14.7. The van der Waals surface area contributed by atoms with Gasteiger partial charge in [-0.25, -0.2) is 0 Å². The minimum Gasteiger partial charge on any atom is -0.503 e. The van der Waals surface area contributed by atoms with Crippen LogP contribution in [0.25, 0.3) is 0 Å². The highest BCUT2D eigenvalue weighted by molar-refractivity contribution is 7.80. The van der Waals surface area contributed by atoms with E-state index in [1.807, 2.05) is 37.3 Å². The predicted octanol–water partition coefficient (Wildman–Crippen LogP) is 3.44. The van der Waals surface area contributed by atoms with Crippen LogP contribution in [-0.4, -0.2) is 23.0 Å². The van der Waals surface area contributed by atoms with Gasteiger partial charge in [-0.1, -0.05) is 41.9 Å². The van der Waals surface area contributed by atoms with Gasteiger partial charge in [0.15, 0.2) is 16.6 Å². The third-order valence-corrected chi connectivity index (χ3v) is 3.55. The van der Waals surface area contributed by atoms with Crippen molar-refractivity contribution in [1.29, 1.82) is 0 Å². The van der Waals surface area contributed by atoms with Crippen LogP contribution in [0, 0.1) is 0 Å². The largest absolute Gasteiger partial charge is 0.503 e. The Bertz CT molecular complexity index is 723. The van der Waals surface area contributed by atoms with Crippen molar-refractivity contribution in [1.82, 2.24) is 10.7 Å². The van der Waals surface area contributed by atoms with Crippen LogP contribution >= 0.6 is 23.8 Å². The van der Waals surface area contributed by atoms with E-state index in [4.69, 9.17) is 28.6 Å². The van der Waals surface area contributed by atoms with E-state index in [9.17, 15) is 5.11 Å². The van der Waals surface area contributed by atoms with Crippen LogP contribution in [0.4, 0.5) is 0 Å². The summed E-state index contributed by atoms with van der Waals surface area (Å²) < 4.78 is 5.32. The Labute approximate surface area is 151 Å². The van der Waals surface area contributed by atoms with Crippen molar-refractivity contribution in [3.63, 3.8) is 0 Å². The van der Waals surface area contributed by atoms with Crippen molar-refractivity contribution in [3.05, 3.63) is 58.6 Å². The second-order valence-corrected chi connectivity index (χ2v) is 5.64. The fraction of sp³-hybridized carbons (Fsp3) is 0.176. The highest BCUT2D eigenvalue weighted by atomic mass is 35.5. The quantitative estimate of drug-likeness (QED) is 0.417. The first kappa shape index (κ1) is 18.0. The molecule has 7 heteroatoms. The van der Waals surface area contributed by atoms with Gasteiger partial charge in [0.1, 0.15) is 0 Å². The lowest BCUT2D eigenvalue weighted by atomic mass is 10.2. The number of nitrogens with one attached hydrogen (secondary N) is 2. The average molecular weight is 364 g/mol. The lowest BCUT2D eigenvalue weighted by Gasteiger charge is -2.09. The number of phenolic OH excluding ortho intramolecular Hbond substituents is 1. The second-order valence-electron chi connectivity index (χ2n) is 4.82. The smallest absolute Gasteiger partial charge is 0.187 e. The van der Waals surface area contributed by atoms with E-state index >= 15 is 0 Å². The molecule has 2 rings (SSSR count). The summed E-state index contributed by atoms with van der Waals surface area (Å²) in [5, 5.41) is 17.5. The number of thiocarbonyl (C=S) groups is 1. The molecular weight excluding hydrogens is 346 g/mol. The molecule has 0 radical (unpaired) electrons. The fourth-order valence-corrected chi connectivity index (χ4v) is 2.26. The van der Waals surface area contributed by atoms with Gasteiger partial charge >= 0.3 is 0 Å².